The Hall–Kier alpha value is -2.86. The summed E-state index contributed by atoms with van der Waals surface area (Å²) in [6.07, 6.45) is 0. The van der Waals surface area contributed by atoms with Gasteiger partial charge in [0.15, 0.2) is 10.8 Å². The van der Waals surface area contributed by atoms with Gasteiger partial charge in [0.1, 0.15) is 0 Å². The number of hydrogen-bond acceptors (Lipinski definition) is 4. The lowest BCUT2D eigenvalue weighted by Crippen LogP contribution is -2.23. The van der Waals surface area contributed by atoms with E-state index < -0.39 is 0 Å². The molecule has 0 saturated heterocycles. The van der Waals surface area contributed by atoms with Crippen molar-refractivity contribution < 1.29 is 4.79 Å². The van der Waals surface area contributed by atoms with Gasteiger partial charge in [-0.05, 0) is 62.4 Å². The van der Waals surface area contributed by atoms with Gasteiger partial charge in [0.05, 0.1) is 10.8 Å². The number of anilines is 1. The summed E-state index contributed by atoms with van der Waals surface area (Å²) < 4.78 is 2.01. The van der Waals surface area contributed by atoms with Gasteiger partial charge in [-0.25, -0.2) is 0 Å². The zero-order valence-electron chi connectivity index (χ0n) is 16.4. The summed E-state index contributed by atoms with van der Waals surface area (Å²) >= 11 is 1.41. The number of pyridine rings is 1. The fourth-order valence-corrected chi connectivity index (χ4v) is 4.37. The van der Waals surface area contributed by atoms with E-state index in [0.29, 0.717) is 5.16 Å². The van der Waals surface area contributed by atoms with Crippen LogP contribution in [0.4, 0.5) is 5.69 Å². The third-order valence-corrected chi connectivity index (χ3v) is 5.87. The first kappa shape index (κ1) is 18.5. The Bertz CT molecular complexity index is 1170. The molecule has 28 heavy (non-hydrogen) atoms. The first-order chi connectivity index (χ1) is 13.4. The zero-order chi connectivity index (χ0) is 19.8. The van der Waals surface area contributed by atoms with Crippen molar-refractivity contribution in [3.8, 4) is 0 Å². The Morgan fingerprint density at radius 2 is 1.75 bits per heavy atom. The summed E-state index contributed by atoms with van der Waals surface area (Å²) in [5, 5.41) is 13.2. The molecule has 0 radical (unpaired) electrons. The molecule has 0 spiro atoms. The maximum Gasteiger partial charge on any atom is 0.237 e. The second kappa shape index (κ2) is 7.28. The van der Waals surface area contributed by atoms with Gasteiger partial charge in [0, 0.05) is 5.69 Å². The molecular formula is C22H22N4OS. The number of para-hydroxylation sites is 1. The fraction of sp³-hybridized carbons (Fsp3) is 0.227. The van der Waals surface area contributed by atoms with Gasteiger partial charge < -0.3 is 5.32 Å². The predicted molar refractivity (Wildman–Crippen MR) is 115 cm³/mol. The van der Waals surface area contributed by atoms with Gasteiger partial charge in [0.2, 0.25) is 5.91 Å². The summed E-state index contributed by atoms with van der Waals surface area (Å²) in [6, 6.07) is 16.2. The van der Waals surface area contributed by atoms with E-state index >= 15 is 0 Å². The maximum atomic E-state index is 12.8. The normalized spacial score (nSPS) is 12.4. The highest BCUT2D eigenvalue weighted by atomic mass is 32.2. The molecule has 0 saturated carbocycles. The fourth-order valence-electron chi connectivity index (χ4n) is 3.50. The topological polar surface area (TPSA) is 59.3 Å². The molecule has 0 fully saturated rings. The van der Waals surface area contributed by atoms with Crippen molar-refractivity contribution in [3.05, 3.63) is 65.2 Å². The first-order valence-corrected chi connectivity index (χ1v) is 10.1. The number of aromatic nitrogens is 3. The van der Waals surface area contributed by atoms with E-state index in [1.54, 1.807) is 0 Å². The van der Waals surface area contributed by atoms with Gasteiger partial charge in [-0.2, -0.15) is 0 Å². The number of carbonyl (C=O) groups is 1. The van der Waals surface area contributed by atoms with Crippen LogP contribution in [0.25, 0.3) is 16.6 Å². The largest absolute Gasteiger partial charge is 0.325 e. The molecule has 2 heterocycles. The van der Waals surface area contributed by atoms with E-state index in [0.717, 1.165) is 33.4 Å². The van der Waals surface area contributed by atoms with Crippen LogP contribution in [-0.4, -0.2) is 25.8 Å². The third-order valence-electron chi connectivity index (χ3n) is 4.82. The lowest BCUT2D eigenvalue weighted by atomic mass is 10.1. The van der Waals surface area contributed by atoms with Crippen LogP contribution in [0, 0.1) is 20.8 Å². The molecule has 2 aromatic carbocycles. The van der Waals surface area contributed by atoms with E-state index in [4.69, 9.17) is 0 Å². The lowest BCUT2D eigenvalue weighted by Gasteiger charge is -2.16. The molecule has 1 atom stereocenters. The van der Waals surface area contributed by atoms with Crippen molar-refractivity contribution in [2.75, 3.05) is 5.32 Å². The highest BCUT2D eigenvalue weighted by molar-refractivity contribution is 8.00. The number of hydrogen-bond donors (Lipinski definition) is 1. The number of carbonyl (C=O) groups excluding carboxylic acids is 1. The Morgan fingerprint density at radius 3 is 2.50 bits per heavy atom. The minimum Gasteiger partial charge on any atom is -0.325 e. The number of benzene rings is 2. The summed E-state index contributed by atoms with van der Waals surface area (Å²) in [7, 11) is 0. The van der Waals surface area contributed by atoms with Crippen LogP contribution in [0.1, 0.15) is 23.6 Å². The Labute approximate surface area is 168 Å². The highest BCUT2D eigenvalue weighted by Crippen LogP contribution is 2.28. The minimum absolute atomic E-state index is 0.0444. The molecule has 0 aliphatic carbocycles. The molecule has 0 aliphatic heterocycles. The zero-order valence-corrected chi connectivity index (χ0v) is 17.2. The predicted octanol–water partition coefficient (Wildman–Crippen LogP) is 4.93. The lowest BCUT2D eigenvalue weighted by molar-refractivity contribution is -0.115. The number of thioether (sulfide) groups is 1. The van der Waals surface area contributed by atoms with E-state index in [1.807, 2.05) is 55.5 Å². The minimum atomic E-state index is -0.313. The summed E-state index contributed by atoms with van der Waals surface area (Å²) in [6.45, 7) is 7.99. The molecule has 1 N–H and O–H groups in total. The van der Waals surface area contributed by atoms with Crippen LogP contribution in [0.2, 0.25) is 0 Å². The molecule has 6 heteroatoms. The van der Waals surface area contributed by atoms with Crippen LogP contribution in [0.15, 0.2) is 53.7 Å². The van der Waals surface area contributed by atoms with Gasteiger partial charge in [-0.3, -0.25) is 9.20 Å². The highest BCUT2D eigenvalue weighted by Gasteiger charge is 2.20. The third kappa shape index (κ3) is 3.36. The van der Waals surface area contributed by atoms with Gasteiger partial charge in [-0.15, -0.1) is 10.2 Å². The number of aryl methyl sites for hydroxylation is 3. The van der Waals surface area contributed by atoms with Crippen molar-refractivity contribution in [3.63, 3.8) is 0 Å². The Morgan fingerprint density at radius 1 is 1.04 bits per heavy atom. The van der Waals surface area contributed by atoms with E-state index in [1.165, 1.54) is 17.3 Å². The summed E-state index contributed by atoms with van der Waals surface area (Å²) in [5.41, 5.74) is 6.03. The van der Waals surface area contributed by atoms with Crippen LogP contribution in [0.3, 0.4) is 0 Å². The average molecular weight is 391 g/mol. The summed E-state index contributed by atoms with van der Waals surface area (Å²) in [5.74, 6) is -0.0444. The SMILES string of the molecule is Cc1cc(C)c(NC(=O)[C@H](C)Sc2nnc3ccc4ccccc4n23)c(C)c1. The molecule has 1 amide bonds. The van der Waals surface area contributed by atoms with Crippen molar-refractivity contribution in [1.82, 2.24) is 14.6 Å². The summed E-state index contributed by atoms with van der Waals surface area (Å²) in [4.78, 5) is 12.8. The number of amides is 1. The van der Waals surface area contributed by atoms with Crippen LogP contribution < -0.4 is 5.32 Å². The van der Waals surface area contributed by atoms with E-state index in [-0.39, 0.29) is 11.2 Å². The molecule has 2 aromatic heterocycles. The molecular weight excluding hydrogens is 368 g/mol. The van der Waals surface area contributed by atoms with Gasteiger partial charge in [0.25, 0.3) is 0 Å². The first-order valence-electron chi connectivity index (χ1n) is 9.22. The quantitative estimate of drug-likeness (QED) is 0.502. The number of fused-ring (bicyclic) bond motifs is 3. The molecule has 0 aliphatic rings. The average Bonchev–Trinajstić information content (AvgIpc) is 3.07. The van der Waals surface area contributed by atoms with Gasteiger partial charge in [-0.1, -0.05) is 47.7 Å². The van der Waals surface area contributed by atoms with Crippen molar-refractivity contribution in [1.29, 1.82) is 0 Å². The monoisotopic (exact) mass is 390 g/mol. The second-order valence-corrected chi connectivity index (χ2v) is 8.40. The molecule has 4 rings (SSSR count). The van der Waals surface area contributed by atoms with Crippen molar-refractivity contribution in [2.45, 2.75) is 38.1 Å². The maximum absolute atomic E-state index is 12.8. The van der Waals surface area contributed by atoms with Crippen LogP contribution in [0.5, 0.6) is 0 Å². The van der Waals surface area contributed by atoms with E-state index in [2.05, 4.69) is 40.6 Å². The smallest absolute Gasteiger partial charge is 0.237 e. The van der Waals surface area contributed by atoms with Gasteiger partial charge >= 0.3 is 0 Å². The van der Waals surface area contributed by atoms with E-state index in [9.17, 15) is 4.79 Å². The standard InChI is InChI=1S/C22H22N4OS/c1-13-11-14(2)20(15(3)12-13)23-21(27)16(4)28-22-25-24-19-10-9-17-7-5-6-8-18(17)26(19)22/h5-12,16H,1-4H3,(H,23,27)/t16-/m0/s1. The van der Waals surface area contributed by atoms with Crippen LogP contribution >= 0.6 is 11.8 Å². The van der Waals surface area contributed by atoms with Crippen molar-refractivity contribution >= 4 is 39.9 Å². The molecule has 4 aromatic rings. The second-order valence-electron chi connectivity index (χ2n) is 7.09. The number of nitrogens with one attached hydrogen (secondary N) is 1. The molecule has 0 unspecified atom stereocenters. The number of rotatable bonds is 4. The Balaban J connectivity index is 1.61. The molecule has 0 bridgehead atoms. The number of nitrogens with zero attached hydrogens (tertiary/aromatic N) is 3. The Kier molecular flexibility index (Phi) is 4.81. The molecule has 142 valence electrons. The van der Waals surface area contributed by atoms with Crippen molar-refractivity contribution in [2.24, 2.45) is 0 Å². The molecule has 5 nitrogen and oxygen atoms in total. The van der Waals surface area contributed by atoms with Crippen LogP contribution in [-0.2, 0) is 4.79 Å².